The van der Waals surface area contributed by atoms with E-state index in [0.29, 0.717) is 10.8 Å². The van der Waals surface area contributed by atoms with Gasteiger partial charge in [0.1, 0.15) is 6.54 Å². The molecule has 0 aliphatic rings. The van der Waals surface area contributed by atoms with Crippen LogP contribution in [0.3, 0.4) is 0 Å². The predicted octanol–water partition coefficient (Wildman–Crippen LogP) is 3.28. The second-order valence-electron chi connectivity index (χ2n) is 7.81. The van der Waals surface area contributed by atoms with Crippen molar-refractivity contribution in [2.75, 3.05) is 5.32 Å². The van der Waals surface area contributed by atoms with Crippen molar-refractivity contribution in [2.45, 2.75) is 32.7 Å². The van der Waals surface area contributed by atoms with Gasteiger partial charge in [-0.15, -0.1) is 0 Å². The molecule has 0 spiro atoms. The Kier molecular flexibility index (Phi) is 4.30. The van der Waals surface area contributed by atoms with Gasteiger partial charge in [-0.25, -0.2) is 9.97 Å². The van der Waals surface area contributed by atoms with Crippen LogP contribution < -0.4 is 10.9 Å². The van der Waals surface area contributed by atoms with Crippen LogP contribution in [0.4, 0.5) is 5.13 Å². The number of amides is 1. The van der Waals surface area contributed by atoms with Crippen molar-refractivity contribution in [2.24, 2.45) is 7.05 Å². The van der Waals surface area contributed by atoms with Gasteiger partial charge >= 0.3 is 0 Å². The van der Waals surface area contributed by atoms with Crippen molar-refractivity contribution in [3.63, 3.8) is 0 Å². The first-order valence-corrected chi connectivity index (χ1v) is 9.76. The highest BCUT2D eigenvalue weighted by Crippen LogP contribution is 2.31. The molecule has 0 aliphatic carbocycles. The van der Waals surface area contributed by atoms with Gasteiger partial charge in [0.2, 0.25) is 5.91 Å². The maximum absolute atomic E-state index is 12.5. The summed E-state index contributed by atoms with van der Waals surface area (Å²) in [6.07, 6.45) is 1.57. The van der Waals surface area contributed by atoms with Gasteiger partial charge in [0.15, 0.2) is 10.8 Å². The quantitative estimate of drug-likeness (QED) is 0.577. The van der Waals surface area contributed by atoms with Crippen LogP contribution in [0.2, 0.25) is 0 Å². The number of thiazole rings is 1. The summed E-state index contributed by atoms with van der Waals surface area (Å²) in [5, 5.41) is 3.44. The Bertz CT molecular complexity index is 1260. The van der Waals surface area contributed by atoms with Gasteiger partial charge in [-0.3, -0.25) is 14.2 Å². The second-order valence-corrected chi connectivity index (χ2v) is 8.84. The predicted molar refractivity (Wildman–Crippen MR) is 112 cm³/mol. The molecule has 0 unspecified atom stereocenters. The summed E-state index contributed by atoms with van der Waals surface area (Å²) in [7, 11) is 1.66. The lowest BCUT2D eigenvalue weighted by Gasteiger charge is -2.18. The number of fused-ring (bicyclic) bond motifs is 2. The third kappa shape index (κ3) is 3.31. The lowest BCUT2D eigenvalue weighted by atomic mass is 9.87. The number of rotatable bonds is 3. The zero-order chi connectivity index (χ0) is 20.1. The number of aryl methyl sites for hydroxylation is 1. The van der Waals surface area contributed by atoms with E-state index in [1.54, 1.807) is 24.0 Å². The van der Waals surface area contributed by atoms with Crippen molar-refractivity contribution in [1.82, 2.24) is 19.1 Å². The molecule has 0 saturated carbocycles. The van der Waals surface area contributed by atoms with Crippen molar-refractivity contribution < 1.29 is 4.79 Å². The average molecular weight is 395 g/mol. The van der Waals surface area contributed by atoms with Crippen LogP contribution in [0.15, 0.2) is 41.5 Å². The monoisotopic (exact) mass is 395 g/mol. The van der Waals surface area contributed by atoms with E-state index < -0.39 is 0 Å². The lowest BCUT2D eigenvalue weighted by Crippen LogP contribution is -2.19. The minimum Gasteiger partial charge on any atom is -0.320 e. The van der Waals surface area contributed by atoms with Crippen molar-refractivity contribution in [3.8, 4) is 0 Å². The van der Waals surface area contributed by atoms with Gasteiger partial charge in [-0.05, 0) is 29.2 Å². The number of anilines is 1. The SMILES string of the molecule is Cn1c(=O)ccc2c1ncn2CC(=O)Nc1nc2ccc(C(C)(C)C)cc2s1. The van der Waals surface area contributed by atoms with Crippen molar-refractivity contribution in [3.05, 3.63) is 52.6 Å². The molecular weight excluding hydrogens is 374 g/mol. The first-order chi connectivity index (χ1) is 13.2. The fourth-order valence-electron chi connectivity index (χ4n) is 3.06. The van der Waals surface area contributed by atoms with E-state index in [-0.39, 0.29) is 23.4 Å². The van der Waals surface area contributed by atoms with Gasteiger partial charge < -0.3 is 9.88 Å². The zero-order valence-electron chi connectivity index (χ0n) is 16.2. The Hall–Kier alpha value is -3.00. The summed E-state index contributed by atoms with van der Waals surface area (Å²) in [5.74, 6) is -0.191. The Balaban J connectivity index is 1.56. The van der Waals surface area contributed by atoms with Crippen molar-refractivity contribution >= 4 is 43.8 Å². The molecule has 144 valence electrons. The highest BCUT2D eigenvalue weighted by molar-refractivity contribution is 7.22. The van der Waals surface area contributed by atoms with E-state index in [1.807, 2.05) is 6.07 Å². The molecule has 0 atom stereocenters. The Morgan fingerprint density at radius 2 is 2.00 bits per heavy atom. The molecule has 0 aliphatic heterocycles. The minimum absolute atomic E-state index is 0.0597. The molecule has 4 rings (SSSR count). The molecule has 0 fully saturated rings. The number of carbonyl (C=O) groups excluding carboxylic acids is 1. The van der Waals surface area contributed by atoms with E-state index in [1.165, 1.54) is 27.5 Å². The molecule has 3 heterocycles. The lowest BCUT2D eigenvalue weighted by molar-refractivity contribution is -0.116. The highest BCUT2D eigenvalue weighted by Gasteiger charge is 2.16. The van der Waals surface area contributed by atoms with E-state index in [0.717, 1.165) is 15.7 Å². The van der Waals surface area contributed by atoms with Crippen LogP contribution >= 0.6 is 11.3 Å². The van der Waals surface area contributed by atoms with Crippen LogP contribution in [0.25, 0.3) is 21.4 Å². The molecule has 3 aromatic heterocycles. The Labute approximate surface area is 165 Å². The number of pyridine rings is 1. The number of hydrogen-bond acceptors (Lipinski definition) is 5. The van der Waals surface area contributed by atoms with Gasteiger partial charge in [-0.2, -0.15) is 0 Å². The van der Waals surface area contributed by atoms with E-state index in [2.05, 4.69) is 48.2 Å². The minimum atomic E-state index is -0.191. The first-order valence-electron chi connectivity index (χ1n) is 8.94. The normalized spacial score (nSPS) is 12.0. The van der Waals surface area contributed by atoms with E-state index >= 15 is 0 Å². The summed E-state index contributed by atoms with van der Waals surface area (Å²) in [6, 6.07) is 9.36. The van der Waals surface area contributed by atoms with Crippen LogP contribution in [-0.4, -0.2) is 25.0 Å². The largest absolute Gasteiger partial charge is 0.320 e. The molecule has 0 saturated heterocycles. The van der Waals surface area contributed by atoms with Crippen molar-refractivity contribution in [1.29, 1.82) is 0 Å². The second kappa shape index (κ2) is 6.56. The number of benzene rings is 1. The van der Waals surface area contributed by atoms with Gasteiger partial charge in [0.25, 0.3) is 5.56 Å². The Morgan fingerprint density at radius 3 is 2.75 bits per heavy atom. The summed E-state index contributed by atoms with van der Waals surface area (Å²) < 4.78 is 4.23. The van der Waals surface area contributed by atoms with Gasteiger partial charge in [0, 0.05) is 13.1 Å². The maximum Gasteiger partial charge on any atom is 0.252 e. The molecule has 1 aromatic carbocycles. The maximum atomic E-state index is 12.5. The Morgan fingerprint density at radius 1 is 1.21 bits per heavy atom. The van der Waals surface area contributed by atoms with E-state index in [9.17, 15) is 9.59 Å². The smallest absolute Gasteiger partial charge is 0.252 e. The number of imidazole rings is 1. The third-order valence-electron chi connectivity index (χ3n) is 4.70. The summed E-state index contributed by atoms with van der Waals surface area (Å²) in [4.78, 5) is 33.0. The molecule has 8 heteroatoms. The van der Waals surface area contributed by atoms with Crippen LogP contribution in [0.5, 0.6) is 0 Å². The molecule has 0 radical (unpaired) electrons. The number of nitrogens with zero attached hydrogens (tertiary/aromatic N) is 4. The molecular formula is C20H21N5O2S. The van der Waals surface area contributed by atoms with E-state index in [4.69, 9.17) is 0 Å². The number of aromatic nitrogens is 4. The topological polar surface area (TPSA) is 81.8 Å². The van der Waals surface area contributed by atoms with Gasteiger partial charge in [0.05, 0.1) is 22.1 Å². The number of carbonyl (C=O) groups is 1. The van der Waals surface area contributed by atoms with Crippen LogP contribution in [0, 0.1) is 0 Å². The third-order valence-corrected chi connectivity index (χ3v) is 5.64. The average Bonchev–Trinajstić information content (AvgIpc) is 3.20. The number of hydrogen-bond donors (Lipinski definition) is 1. The molecule has 7 nitrogen and oxygen atoms in total. The molecule has 1 N–H and O–H groups in total. The molecule has 4 aromatic rings. The van der Waals surface area contributed by atoms with Gasteiger partial charge in [-0.1, -0.05) is 38.2 Å². The molecule has 28 heavy (non-hydrogen) atoms. The summed E-state index contributed by atoms with van der Waals surface area (Å²) in [5.41, 5.74) is 3.32. The fraction of sp³-hybridized carbons (Fsp3) is 0.300. The first kappa shape index (κ1) is 18.4. The standard InChI is InChI=1S/C20H21N5O2S/c1-20(2,3)12-5-6-13-15(9-12)28-19(22-13)23-16(26)10-25-11-21-18-14(25)7-8-17(27)24(18)4/h5-9,11H,10H2,1-4H3,(H,22,23,26). The van der Waals surface area contributed by atoms with Crippen LogP contribution in [0.1, 0.15) is 26.3 Å². The highest BCUT2D eigenvalue weighted by atomic mass is 32.1. The van der Waals surface area contributed by atoms with Crippen LogP contribution in [-0.2, 0) is 23.8 Å². The molecule has 0 bridgehead atoms. The number of nitrogens with one attached hydrogen (secondary N) is 1. The summed E-state index contributed by atoms with van der Waals surface area (Å²) >= 11 is 1.46. The fourth-order valence-corrected chi connectivity index (χ4v) is 3.98. The molecule has 1 amide bonds. The zero-order valence-corrected chi connectivity index (χ0v) is 17.0. The summed E-state index contributed by atoms with van der Waals surface area (Å²) in [6.45, 7) is 6.60.